The molecule has 3 rings (SSSR count). The summed E-state index contributed by atoms with van der Waals surface area (Å²) in [6.07, 6.45) is 6.19. The largest absolute Gasteiger partial charge is 0.472 e. The number of carbonyl (C=O) groups excluding carboxylic acids is 2. The lowest BCUT2D eigenvalue weighted by atomic mass is 10.0. The van der Waals surface area contributed by atoms with E-state index < -0.39 is 5.91 Å². The second-order valence-corrected chi connectivity index (χ2v) is 5.52. The number of nitrogens with two attached hydrogens (primary N) is 1. The Bertz CT molecular complexity index is 691. The van der Waals surface area contributed by atoms with Gasteiger partial charge in [0.15, 0.2) is 0 Å². The third-order valence-corrected chi connectivity index (χ3v) is 3.93. The van der Waals surface area contributed by atoms with Crippen LogP contribution in [0.2, 0.25) is 0 Å². The van der Waals surface area contributed by atoms with E-state index in [-0.39, 0.29) is 17.6 Å². The molecule has 1 saturated heterocycles. The molecule has 0 spiro atoms. The van der Waals surface area contributed by atoms with Crippen molar-refractivity contribution in [2.75, 3.05) is 18.4 Å². The minimum atomic E-state index is -0.547. The molecule has 0 aliphatic carbocycles. The third kappa shape index (κ3) is 3.50. The number of furan rings is 1. The molecule has 120 valence electrons. The van der Waals surface area contributed by atoms with Crippen molar-refractivity contribution >= 4 is 17.5 Å². The number of anilines is 1. The van der Waals surface area contributed by atoms with Gasteiger partial charge in [0.2, 0.25) is 0 Å². The summed E-state index contributed by atoms with van der Waals surface area (Å²) >= 11 is 0. The number of primary amides is 1. The number of hydrogen-bond donors (Lipinski definition) is 2. The van der Waals surface area contributed by atoms with E-state index >= 15 is 0 Å². The highest BCUT2D eigenvalue weighted by Crippen LogP contribution is 2.18. The van der Waals surface area contributed by atoms with E-state index in [1.165, 1.54) is 12.5 Å². The van der Waals surface area contributed by atoms with Gasteiger partial charge in [0.1, 0.15) is 12.0 Å². The normalized spacial score (nSPS) is 15.4. The van der Waals surface area contributed by atoms with E-state index in [1.807, 2.05) is 4.90 Å². The molecule has 1 aliphatic rings. The Morgan fingerprint density at radius 2 is 2.09 bits per heavy atom. The number of piperidine rings is 1. The van der Waals surface area contributed by atoms with E-state index in [9.17, 15) is 9.59 Å². The SMILES string of the molecule is NC(=O)c1cc(NC2CCN(C(=O)c3ccoc3)CC2)ccn1. The van der Waals surface area contributed by atoms with Crippen LogP contribution in [0.5, 0.6) is 0 Å². The minimum Gasteiger partial charge on any atom is -0.472 e. The molecule has 0 bridgehead atoms. The van der Waals surface area contributed by atoms with Crippen LogP contribution in [0.3, 0.4) is 0 Å². The molecule has 1 fully saturated rings. The molecule has 0 saturated carbocycles. The lowest BCUT2D eigenvalue weighted by Crippen LogP contribution is -2.42. The van der Waals surface area contributed by atoms with Crippen molar-refractivity contribution in [2.24, 2.45) is 5.73 Å². The number of hydrogen-bond acceptors (Lipinski definition) is 5. The molecule has 2 aromatic rings. The van der Waals surface area contributed by atoms with Crippen molar-refractivity contribution in [3.63, 3.8) is 0 Å². The van der Waals surface area contributed by atoms with Gasteiger partial charge in [0.25, 0.3) is 11.8 Å². The molecule has 7 heteroatoms. The van der Waals surface area contributed by atoms with Crippen molar-refractivity contribution in [3.05, 3.63) is 48.2 Å². The first-order valence-corrected chi connectivity index (χ1v) is 7.47. The zero-order valence-electron chi connectivity index (χ0n) is 12.6. The Hall–Kier alpha value is -2.83. The first-order valence-electron chi connectivity index (χ1n) is 7.47. The van der Waals surface area contributed by atoms with Crippen LogP contribution in [0.25, 0.3) is 0 Å². The Kier molecular flexibility index (Phi) is 4.27. The maximum absolute atomic E-state index is 12.2. The first-order chi connectivity index (χ1) is 11.1. The maximum atomic E-state index is 12.2. The van der Waals surface area contributed by atoms with E-state index in [0.29, 0.717) is 18.7 Å². The number of nitrogens with zero attached hydrogens (tertiary/aromatic N) is 2. The highest BCUT2D eigenvalue weighted by Gasteiger charge is 2.24. The fourth-order valence-electron chi connectivity index (χ4n) is 2.69. The van der Waals surface area contributed by atoms with Crippen molar-refractivity contribution in [1.29, 1.82) is 0 Å². The van der Waals surface area contributed by atoms with Gasteiger partial charge < -0.3 is 20.4 Å². The summed E-state index contributed by atoms with van der Waals surface area (Å²) < 4.78 is 4.95. The number of nitrogens with one attached hydrogen (secondary N) is 1. The Morgan fingerprint density at radius 3 is 2.74 bits per heavy atom. The average molecular weight is 314 g/mol. The molecule has 3 N–H and O–H groups in total. The van der Waals surface area contributed by atoms with Crippen molar-refractivity contribution in [3.8, 4) is 0 Å². The van der Waals surface area contributed by atoms with Crippen LogP contribution in [0, 0.1) is 0 Å². The molecule has 3 heterocycles. The van der Waals surface area contributed by atoms with Crippen LogP contribution in [-0.4, -0.2) is 40.8 Å². The Labute approximate surface area is 133 Å². The lowest BCUT2D eigenvalue weighted by Gasteiger charge is -2.32. The zero-order valence-corrected chi connectivity index (χ0v) is 12.6. The summed E-state index contributed by atoms with van der Waals surface area (Å²) in [6, 6.07) is 5.36. The quantitative estimate of drug-likeness (QED) is 0.890. The smallest absolute Gasteiger partial charge is 0.267 e. The van der Waals surface area contributed by atoms with Gasteiger partial charge in [-0.05, 0) is 31.0 Å². The summed E-state index contributed by atoms with van der Waals surface area (Å²) in [5.41, 5.74) is 6.86. The summed E-state index contributed by atoms with van der Waals surface area (Å²) in [5, 5.41) is 3.37. The topological polar surface area (TPSA) is 101 Å². The van der Waals surface area contributed by atoms with E-state index in [4.69, 9.17) is 10.2 Å². The second-order valence-electron chi connectivity index (χ2n) is 5.52. The molecule has 1 aliphatic heterocycles. The molecule has 2 amide bonds. The summed E-state index contributed by atoms with van der Waals surface area (Å²) in [4.78, 5) is 29.1. The van der Waals surface area contributed by atoms with Gasteiger partial charge in [0, 0.05) is 31.0 Å². The predicted molar refractivity (Wildman–Crippen MR) is 84.0 cm³/mol. The molecular formula is C16H18N4O3. The number of rotatable bonds is 4. The summed E-state index contributed by atoms with van der Waals surface area (Å²) in [7, 11) is 0. The van der Waals surface area contributed by atoms with Crippen LogP contribution in [-0.2, 0) is 0 Å². The first kappa shape index (κ1) is 15.1. The van der Waals surface area contributed by atoms with Gasteiger partial charge >= 0.3 is 0 Å². The fraction of sp³-hybridized carbons (Fsp3) is 0.312. The summed E-state index contributed by atoms with van der Waals surface area (Å²) in [6.45, 7) is 1.35. The highest BCUT2D eigenvalue weighted by molar-refractivity contribution is 5.94. The molecule has 0 atom stereocenters. The van der Waals surface area contributed by atoms with Crippen molar-refractivity contribution < 1.29 is 14.0 Å². The molecular weight excluding hydrogens is 296 g/mol. The fourth-order valence-corrected chi connectivity index (χ4v) is 2.69. The van der Waals surface area contributed by atoms with Gasteiger partial charge in [-0.15, -0.1) is 0 Å². The van der Waals surface area contributed by atoms with Gasteiger partial charge in [-0.25, -0.2) is 0 Å². The summed E-state index contributed by atoms with van der Waals surface area (Å²) in [5.74, 6) is -0.550. The zero-order chi connectivity index (χ0) is 16.2. The third-order valence-electron chi connectivity index (χ3n) is 3.93. The number of likely N-dealkylation sites (tertiary alicyclic amines) is 1. The van der Waals surface area contributed by atoms with Gasteiger partial charge in [-0.1, -0.05) is 0 Å². The second kappa shape index (κ2) is 6.51. The molecule has 2 aromatic heterocycles. The van der Waals surface area contributed by atoms with Gasteiger partial charge in [0.05, 0.1) is 11.8 Å². The standard InChI is InChI=1S/C16H18N4O3/c17-15(21)14-9-13(1-5-18-14)19-12-2-6-20(7-3-12)16(22)11-4-8-23-10-11/h1,4-5,8-10,12H,2-3,6-7H2,(H2,17,21)(H,18,19). The number of aromatic nitrogens is 1. The average Bonchev–Trinajstić information content (AvgIpc) is 3.09. The van der Waals surface area contributed by atoms with Crippen molar-refractivity contribution in [1.82, 2.24) is 9.88 Å². The Balaban J connectivity index is 1.56. The molecule has 0 unspecified atom stereocenters. The Morgan fingerprint density at radius 1 is 1.30 bits per heavy atom. The highest BCUT2D eigenvalue weighted by atomic mass is 16.3. The van der Waals surface area contributed by atoms with E-state index in [0.717, 1.165) is 18.5 Å². The van der Waals surface area contributed by atoms with Gasteiger partial charge in [-0.2, -0.15) is 0 Å². The minimum absolute atomic E-state index is 0.00266. The van der Waals surface area contributed by atoms with Gasteiger partial charge in [-0.3, -0.25) is 14.6 Å². The lowest BCUT2D eigenvalue weighted by molar-refractivity contribution is 0.0717. The molecule has 0 radical (unpaired) electrons. The molecule has 23 heavy (non-hydrogen) atoms. The van der Waals surface area contributed by atoms with E-state index in [1.54, 1.807) is 24.4 Å². The molecule has 7 nitrogen and oxygen atoms in total. The maximum Gasteiger partial charge on any atom is 0.267 e. The number of amides is 2. The number of pyridine rings is 1. The van der Waals surface area contributed by atoms with Crippen LogP contribution in [0.15, 0.2) is 41.3 Å². The van der Waals surface area contributed by atoms with Crippen LogP contribution in [0.4, 0.5) is 5.69 Å². The van der Waals surface area contributed by atoms with Crippen LogP contribution in [0.1, 0.15) is 33.7 Å². The van der Waals surface area contributed by atoms with Crippen molar-refractivity contribution in [2.45, 2.75) is 18.9 Å². The predicted octanol–water partition coefficient (Wildman–Crippen LogP) is 1.49. The van der Waals surface area contributed by atoms with E-state index in [2.05, 4.69) is 10.3 Å². The van der Waals surface area contributed by atoms with Crippen LogP contribution >= 0.6 is 0 Å². The number of carbonyl (C=O) groups is 2. The molecule has 0 aromatic carbocycles. The van der Waals surface area contributed by atoms with Crippen LogP contribution < -0.4 is 11.1 Å². The monoisotopic (exact) mass is 314 g/mol.